The molecule has 0 unspecified atom stereocenters. The van der Waals surface area contributed by atoms with Crippen molar-refractivity contribution in [3.8, 4) is 5.75 Å². The fourth-order valence-corrected chi connectivity index (χ4v) is 4.93. The number of aliphatic carboxylic acids is 1. The summed E-state index contributed by atoms with van der Waals surface area (Å²) in [4.78, 5) is 26.4. The summed E-state index contributed by atoms with van der Waals surface area (Å²) in [5.74, 6) is -0.611. The largest absolute Gasteiger partial charge is 0.481 e. The van der Waals surface area contributed by atoms with Gasteiger partial charge < -0.3 is 14.7 Å². The van der Waals surface area contributed by atoms with Crippen molar-refractivity contribution in [3.05, 3.63) is 102 Å². The maximum absolute atomic E-state index is 12.6. The lowest BCUT2D eigenvalue weighted by atomic mass is 10.0. The minimum Gasteiger partial charge on any atom is -0.481 e. The first-order valence-electron chi connectivity index (χ1n) is 11.7. The number of benzene rings is 3. The monoisotopic (exact) mass is 489 g/mol. The number of ether oxygens (including phenoxy) is 1. The Morgan fingerprint density at radius 1 is 0.943 bits per heavy atom. The van der Waals surface area contributed by atoms with Crippen LogP contribution in [-0.4, -0.2) is 41.6 Å². The number of carboxylic acids is 1. The van der Waals surface area contributed by atoms with Crippen molar-refractivity contribution in [1.29, 1.82) is 0 Å². The van der Waals surface area contributed by atoms with E-state index >= 15 is 0 Å². The van der Waals surface area contributed by atoms with Crippen LogP contribution in [0.4, 0.5) is 0 Å². The van der Waals surface area contributed by atoms with E-state index in [0.717, 1.165) is 27.2 Å². The molecule has 35 heavy (non-hydrogen) atoms. The van der Waals surface area contributed by atoms with E-state index in [0.29, 0.717) is 18.8 Å². The van der Waals surface area contributed by atoms with Crippen LogP contribution < -0.4 is 4.74 Å². The van der Waals surface area contributed by atoms with Gasteiger partial charge >= 0.3 is 5.97 Å². The second kappa shape index (κ2) is 12.8. The van der Waals surface area contributed by atoms with Gasteiger partial charge in [-0.05, 0) is 55.2 Å². The zero-order valence-electron chi connectivity index (χ0n) is 20.3. The molecule has 0 aliphatic heterocycles. The Balaban J connectivity index is 1.98. The first kappa shape index (κ1) is 26.1. The van der Waals surface area contributed by atoms with E-state index in [1.54, 1.807) is 22.7 Å². The van der Waals surface area contributed by atoms with E-state index in [-0.39, 0.29) is 11.2 Å². The molecule has 182 valence electrons. The molecule has 0 bridgehead atoms. The van der Waals surface area contributed by atoms with E-state index in [4.69, 9.17) is 4.74 Å². The van der Waals surface area contributed by atoms with Crippen molar-refractivity contribution in [2.75, 3.05) is 19.7 Å². The lowest BCUT2D eigenvalue weighted by Gasteiger charge is -2.20. The van der Waals surface area contributed by atoms with Crippen LogP contribution >= 0.6 is 11.8 Å². The van der Waals surface area contributed by atoms with Gasteiger partial charge in [-0.1, -0.05) is 66.7 Å². The van der Waals surface area contributed by atoms with Crippen LogP contribution in [0.5, 0.6) is 5.75 Å². The molecule has 0 heterocycles. The molecule has 1 amide bonds. The Kier molecular flexibility index (Phi) is 9.56. The quantitative estimate of drug-likeness (QED) is 0.253. The molecule has 3 rings (SSSR count). The van der Waals surface area contributed by atoms with E-state index in [9.17, 15) is 14.7 Å². The summed E-state index contributed by atoms with van der Waals surface area (Å²) in [6.07, 6.45) is 1.62. The van der Waals surface area contributed by atoms with Crippen LogP contribution in [0.2, 0.25) is 0 Å². The first-order valence-corrected chi connectivity index (χ1v) is 12.5. The number of carboxylic acid groups (broad SMARTS) is 1. The third kappa shape index (κ3) is 7.23. The number of hydrogen-bond acceptors (Lipinski definition) is 4. The Hall–Kier alpha value is -3.51. The van der Waals surface area contributed by atoms with Gasteiger partial charge in [-0.3, -0.25) is 4.79 Å². The molecule has 6 heteroatoms. The predicted octanol–water partition coefficient (Wildman–Crippen LogP) is 6.30. The minimum atomic E-state index is -1.04. The molecule has 0 aliphatic carbocycles. The fourth-order valence-electron chi connectivity index (χ4n) is 3.71. The topological polar surface area (TPSA) is 66.8 Å². The second-order valence-electron chi connectivity index (χ2n) is 8.00. The van der Waals surface area contributed by atoms with Crippen molar-refractivity contribution in [1.82, 2.24) is 4.90 Å². The molecule has 3 aromatic carbocycles. The third-order valence-corrected chi connectivity index (χ3v) is 6.99. The number of hydrogen-bond donors (Lipinski definition) is 1. The van der Waals surface area contributed by atoms with Gasteiger partial charge in [-0.15, -0.1) is 11.8 Å². The molecule has 0 radical (unpaired) electrons. The second-order valence-corrected chi connectivity index (χ2v) is 9.15. The van der Waals surface area contributed by atoms with Gasteiger partial charge in [0.25, 0.3) is 0 Å². The zero-order chi connectivity index (χ0) is 25.2. The standard InChI is InChI=1S/C29H31NO4S/c1-4-30(5-2)27(31)18-21(3)24-16-17-26(25(19-24)34-20-28(32)33)35-29(22-12-8-6-9-13-22)23-14-10-7-11-15-23/h6-19,29H,4-5,20H2,1-3H3,(H,32,33)/b21-18+. The Bertz CT molecular complexity index is 1120. The number of rotatable bonds is 11. The predicted molar refractivity (Wildman–Crippen MR) is 142 cm³/mol. The number of nitrogens with zero attached hydrogens (tertiary/aromatic N) is 1. The molecular formula is C29H31NO4S. The normalized spacial score (nSPS) is 11.4. The van der Waals surface area contributed by atoms with Gasteiger partial charge in [0.15, 0.2) is 6.61 Å². The fraction of sp³-hybridized carbons (Fsp3) is 0.241. The Labute approximate surface area is 211 Å². The van der Waals surface area contributed by atoms with E-state index in [1.165, 1.54) is 0 Å². The highest BCUT2D eigenvalue weighted by Crippen LogP contribution is 2.44. The third-order valence-electron chi connectivity index (χ3n) is 5.61. The van der Waals surface area contributed by atoms with Crippen LogP contribution in [0.3, 0.4) is 0 Å². The van der Waals surface area contributed by atoms with Crippen molar-refractivity contribution in [3.63, 3.8) is 0 Å². The summed E-state index contributed by atoms with van der Waals surface area (Å²) in [5.41, 5.74) is 3.88. The van der Waals surface area contributed by atoms with E-state index < -0.39 is 12.6 Å². The molecule has 0 fully saturated rings. The smallest absolute Gasteiger partial charge is 0.341 e. The van der Waals surface area contributed by atoms with Crippen LogP contribution in [0.1, 0.15) is 42.7 Å². The molecule has 0 aromatic heterocycles. The zero-order valence-corrected chi connectivity index (χ0v) is 21.1. The first-order chi connectivity index (χ1) is 16.9. The average Bonchev–Trinajstić information content (AvgIpc) is 2.88. The highest BCUT2D eigenvalue weighted by Gasteiger charge is 2.19. The average molecular weight is 490 g/mol. The number of likely N-dealkylation sites (N-methyl/N-ethyl adjacent to an activating group) is 1. The molecule has 0 spiro atoms. The summed E-state index contributed by atoms with van der Waals surface area (Å²) in [6, 6.07) is 26.1. The van der Waals surface area contributed by atoms with Gasteiger partial charge in [0.05, 0.1) is 10.1 Å². The van der Waals surface area contributed by atoms with E-state index in [2.05, 4.69) is 24.3 Å². The summed E-state index contributed by atoms with van der Waals surface area (Å²) in [5, 5.41) is 9.22. The molecule has 5 nitrogen and oxygen atoms in total. The molecule has 0 saturated heterocycles. The van der Waals surface area contributed by atoms with Gasteiger partial charge in [-0.2, -0.15) is 0 Å². The van der Waals surface area contributed by atoms with Gasteiger partial charge in [-0.25, -0.2) is 4.79 Å². The molecule has 1 N–H and O–H groups in total. The van der Waals surface area contributed by atoms with Gasteiger partial charge in [0.1, 0.15) is 5.75 Å². The lowest BCUT2D eigenvalue weighted by molar-refractivity contribution is -0.139. The summed E-state index contributed by atoms with van der Waals surface area (Å²) < 4.78 is 5.71. The SMILES string of the molecule is CCN(CC)C(=O)/C=C(\C)c1ccc(SC(c2ccccc2)c2ccccc2)c(OCC(=O)O)c1. The van der Waals surface area contributed by atoms with Crippen LogP contribution in [0.25, 0.3) is 5.57 Å². The molecule has 0 saturated carbocycles. The highest BCUT2D eigenvalue weighted by molar-refractivity contribution is 7.99. The number of carbonyl (C=O) groups excluding carboxylic acids is 1. The maximum atomic E-state index is 12.6. The van der Waals surface area contributed by atoms with Crippen LogP contribution in [0, 0.1) is 0 Å². The molecule has 0 aliphatic rings. The van der Waals surface area contributed by atoms with Crippen molar-refractivity contribution in [2.24, 2.45) is 0 Å². The molecule has 3 aromatic rings. The number of allylic oxidation sites excluding steroid dienone is 1. The molecule has 0 atom stereocenters. The highest BCUT2D eigenvalue weighted by atomic mass is 32.2. The Morgan fingerprint density at radius 3 is 2.03 bits per heavy atom. The molecular weight excluding hydrogens is 458 g/mol. The summed E-state index contributed by atoms with van der Waals surface area (Å²) in [6.45, 7) is 6.61. The van der Waals surface area contributed by atoms with E-state index in [1.807, 2.05) is 75.4 Å². The Morgan fingerprint density at radius 2 is 1.51 bits per heavy atom. The summed E-state index contributed by atoms with van der Waals surface area (Å²) >= 11 is 1.61. The maximum Gasteiger partial charge on any atom is 0.341 e. The van der Waals surface area contributed by atoms with Crippen molar-refractivity contribution >= 4 is 29.2 Å². The van der Waals surface area contributed by atoms with Gasteiger partial charge in [0, 0.05) is 19.2 Å². The number of carbonyl (C=O) groups is 2. The lowest BCUT2D eigenvalue weighted by Crippen LogP contribution is -2.28. The van der Waals surface area contributed by atoms with Crippen LogP contribution in [0.15, 0.2) is 89.8 Å². The van der Waals surface area contributed by atoms with Crippen molar-refractivity contribution < 1.29 is 19.4 Å². The van der Waals surface area contributed by atoms with Crippen molar-refractivity contribution in [2.45, 2.75) is 30.9 Å². The number of amides is 1. The van der Waals surface area contributed by atoms with Gasteiger partial charge in [0.2, 0.25) is 5.91 Å². The summed E-state index contributed by atoms with van der Waals surface area (Å²) in [7, 11) is 0. The minimum absolute atomic E-state index is 0.00342. The van der Waals surface area contributed by atoms with Crippen LogP contribution in [-0.2, 0) is 9.59 Å². The number of thioether (sulfide) groups is 1.